The van der Waals surface area contributed by atoms with Crippen molar-refractivity contribution >= 4 is 5.91 Å². The summed E-state index contributed by atoms with van der Waals surface area (Å²) >= 11 is 0. The Labute approximate surface area is 129 Å². The van der Waals surface area contributed by atoms with E-state index >= 15 is 0 Å². The lowest BCUT2D eigenvalue weighted by Gasteiger charge is -2.21. The second-order valence-electron chi connectivity index (χ2n) is 5.65. The molecule has 1 atom stereocenters. The molecule has 1 fully saturated rings. The Kier molecular flexibility index (Phi) is 4.18. The Bertz CT molecular complexity index is 652. The molecule has 1 aromatic carbocycles. The summed E-state index contributed by atoms with van der Waals surface area (Å²) < 4.78 is 0. The van der Waals surface area contributed by atoms with E-state index < -0.39 is 5.60 Å². The monoisotopic (exact) mass is 297 g/mol. The van der Waals surface area contributed by atoms with Crippen molar-refractivity contribution in [3.63, 3.8) is 0 Å². The lowest BCUT2D eigenvalue weighted by Crippen LogP contribution is -2.44. The number of nitrogens with zero attached hydrogens (tertiary/aromatic N) is 1. The predicted octanol–water partition coefficient (Wildman–Crippen LogP) is 1.20. The van der Waals surface area contributed by atoms with Crippen LogP contribution in [-0.2, 0) is 0 Å². The smallest absolute Gasteiger partial charge is 0.251 e. The van der Waals surface area contributed by atoms with Crippen molar-refractivity contribution in [3.8, 4) is 11.1 Å². The summed E-state index contributed by atoms with van der Waals surface area (Å²) in [7, 11) is 0. The SMILES string of the molecule is O=C(NCC1(O)CCNC1)c1cccc(-c2ccncc2)c1. The summed E-state index contributed by atoms with van der Waals surface area (Å²) in [6.07, 6.45) is 4.11. The van der Waals surface area contributed by atoms with E-state index in [1.54, 1.807) is 18.5 Å². The molecule has 2 aromatic rings. The molecular formula is C17H19N3O2. The zero-order valence-corrected chi connectivity index (χ0v) is 12.2. The molecule has 2 heterocycles. The number of carbonyl (C=O) groups excluding carboxylic acids is 1. The first-order valence-electron chi connectivity index (χ1n) is 7.38. The van der Waals surface area contributed by atoms with E-state index in [4.69, 9.17) is 0 Å². The second-order valence-corrected chi connectivity index (χ2v) is 5.65. The molecule has 3 N–H and O–H groups in total. The van der Waals surface area contributed by atoms with Gasteiger partial charge in [0.1, 0.15) is 0 Å². The highest BCUT2D eigenvalue weighted by atomic mass is 16.3. The van der Waals surface area contributed by atoms with Crippen LogP contribution in [0, 0.1) is 0 Å². The normalized spacial score (nSPS) is 20.8. The number of rotatable bonds is 4. The van der Waals surface area contributed by atoms with Crippen LogP contribution in [0.1, 0.15) is 16.8 Å². The number of nitrogens with one attached hydrogen (secondary N) is 2. The summed E-state index contributed by atoms with van der Waals surface area (Å²) in [5, 5.41) is 16.2. The minimum Gasteiger partial charge on any atom is -0.387 e. The van der Waals surface area contributed by atoms with Gasteiger partial charge in [0, 0.05) is 31.0 Å². The van der Waals surface area contributed by atoms with E-state index in [0.29, 0.717) is 18.5 Å². The highest BCUT2D eigenvalue weighted by Gasteiger charge is 2.31. The molecule has 5 nitrogen and oxygen atoms in total. The van der Waals surface area contributed by atoms with Gasteiger partial charge in [-0.25, -0.2) is 0 Å². The van der Waals surface area contributed by atoms with Crippen molar-refractivity contribution in [2.75, 3.05) is 19.6 Å². The summed E-state index contributed by atoms with van der Waals surface area (Å²) in [5.41, 5.74) is 1.74. The number of β-amino-alcohol motifs (C(OH)–C–C–N with tert-alkyl or cyclic N) is 1. The number of benzene rings is 1. The molecule has 1 aliphatic rings. The van der Waals surface area contributed by atoms with Crippen molar-refractivity contribution in [1.82, 2.24) is 15.6 Å². The molecule has 1 aromatic heterocycles. The maximum absolute atomic E-state index is 12.3. The first kappa shape index (κ1) is 14.7. The third-order valence-electron chi connectivity index (χ3n) is 3.94. The quantitative estimate of drug-likeness (QED) is 0.793. The largest absolute Gasteiger partial charge is 0.387 e. The van der Waals surface area contributed by atoms with Gasteiger partial charge in [0.05, 0.1) is 5.60 Å². The fourth-order valence-corrected chi connectivity index (χ4v) is 2.61. The average molecular weight is 297 g/mol. The molecule has 1 aliphatic heterocycles. The third kappa shape index (κ3) is 3.32. The van der Waals surface area contributed by atoms with Crippen LogP contribution in [0.2, 0.25) is 0 Å². The lowest BCUT2D eigenvalue weighted by molar-refractivity contribution is 0.0562. The van der Waals surface area contributed by atoms with Crippen molar-refractivity contribution in [1.29, 1.82) is 0 Å². The van der Waals surface area contributed by atoms with Crippen molar-refractivity contribution in [3.05, 3.63) is 54.4 Å². The zero-order valence-electron chi connectivity index (χ0n) is 12.2. The molecule has 5 heteroatoms. The van der Waals surface area contributed by atoms with Crippen molar-refractivity contribution < 1.29 is 9.90 Å². The summed E-state index contributed by atoms with van der Waals surface area (Å²) in [5.74, 6) is -0.170. The van der Waals surface area contributed by atoms with Gasteiger partial charge in [0.2, 0.25) is 0 Å². The molecule has 114 valence electrons. The Morgan fingerprint density at radius 3 is 2.82 bits per heavy atom. The van der Waals surface area contributed by atoms with E-state index in [2.05, 4.69) is 15.6 Å². The van der Waals surface area contributed by atoms with Crippen LogP contribution in [0.4, 0.5) is 0 Å². The van der Waals surface area contributed by atoms with E-state index in [0.717, 1.165) is 17.7 Å². The number of hydrogen-bond acceptors (Lipinski definition) is 4. The number of carbonyl (C=O) groups is 1. The van der Waals surface area contributed by atoms with Crippen LogP contribution < -0.4 is 10.6 Å². The van der Waals surface area contributed by atoms with E-state index in [1.807, 2.05) is 30.3 Å². The molecule has 0 radical (unpaired) electrons. The van der Waals surface area contributed by atoms with E-state index in [1.165, 1.54) is 0 Å². The fraction of sp³-hybridized carbons (Fsp3) is 0.294. The Morgan fingerprint density at radius 1 is 1.27 bits per heavy atom. The fourth-order valence-electron chi connectivity index (χ4n) is 2.61. The number of hydrogen-bond donors (Lipinski definition) is 3. The molecule has 0 saturated carbocycles. The van der Waals surface area contributed by atoms with Gasteiger partial charge in [0.25, 0.3) is 5.91 Å². The van der Waals surface area contributed by atoms with Gasteiger partial charge in [-0.3, -0.25) is 9.78 Å². The van der Waals surface area contributed by atoms with Gasteiger partial charge in [-0.05, 0) is 48.4 Å². The highest BCUT2D eigenvalue weighted by molar-refractivity contribution is 5.95. The standard InChI is InChI=1S/C17H19N3O2/c21-16(20-12-17(22)6-9-19-11-17)15-3-1-2-14(10-15)13-4-7-18-8-5-13/h1-5,7-8,10,19,22H,6,9,11-12H2,(H,20,21). The van der Waals surface area contributed by atoms with Crippen molar-refractivity contribution in [2.45, 2.75) is 12.0 Å². The second kappa shape index (κ2) is 6.25. The zero-order chi connectivity index (χ0) is 15.4. The van der Waals surface area contributed by atoms with Gasteiger partial charge in [-0.15, -0.1) is 0 Å². The molecule has 1 unspecified atom stereocenters. The molecule has 0 aliphatic carbocycles. The van der Waals surface area contributed by atoms with Crippen LogP contribution in [0.25, 0.3) is 11.1 Å². The van der Waals surface area contributed by atoms with Crippen LogP contribution in [0.3, 0.4) is 0 Å². The maximum Gasteiger partial charge on any atom is 0.251 e. The highest BCUT2D eigenvalue weighted by Crippen LogP contribution is 2.19. The topological polar surface area (TPSA) is 74.2 Å². The van der Waals surface area contributed by atoms with E-state index in [9.17, 15) is 9.90 Å². The van der Waals surface area contributed by atoms with Gasteiger partial charge in [-0.1, -0.05) is 12.1 Å². The maximum atomic E-state index is 12.3. The number of amides is 1. The summed E-state index contributed by atoms with van der Waals surface area (Å²) in [4.78, 5) is 16.3. The van der Waals surface area contributed by atoms with Crippen LogP contribution >= 0.6 is 0 Å². The summed E-state index contributed by atoms with van der Waals surface area (Å²) in [6.45, 7) is 1.56. The molecule has 0 spiro atoms. The van der Waals surface area contributed by atoms with Gasteiger partial charge in [0.15, 0.2) is 0 Å². The number of aliphatic hydroxyl groups is 1. The molecule has 3 rings (SSSR count). The van der Waals surface area contributed by atoms with Gasteiger partial charge in [-0.2, -0.15) is 0 Å². The molecule has 0 bridgehead atoms. The third-order valence-corrected chi connectivity index (χ3v) is 3.94. The number of aromatic nitrogens is 1. The Morgan fingerprint density at radius 2 is 2.09 bits per heavy atom. The van der Waals surface area contributed by atoms with Crippen LogP contribution in [-0.4, -0.2) is 41.2 Å². The average Bonchev–Trinajstić information content (AvgIpc) is 3.01. The first-order valence-corrected chi connectivity index (χ1v) is 7.38. The molecule has 1 saturated heterocycles. The van der Waals surface area contributed by atoms with Crippen LogP contribution in [0.15, 0.2) is 48.8 Å². The molecular weight excluding hydrogens is 278 g/mol. The molecule has 1 amide bonds. The van der Waals surface area contributed by atoms with Gasteiger partial charge < -0.3 is 15.7 Å². The predicted molar refractivity (Wildman–Crippen MR) is 84.4 cm³/mol. The first-order chi connectivity index (χ1) is 10.7. The van der Waals surface area contributed by atoms with Crippen LogP contribution in [0.5, 0.6) is 0 Å². The number of pyridine rings is 1. The summed E-state index contributed by atoms with van der Waals surface area (Å²) in [6, 6.07) is 11.3. The lowest BCUT2D eigenvalue weighted by atomic mass is 10.0. The van der Waals surface area contributed by atoms with E-state index in [-0.39, 0.29) is 12.5 Å². The Hall–Kier alpha value is -2.24. The van der Waals surface area contributed by atoms with Gasteiger partial charge >= 0.3 is 0 Å². The Balaban J connectivity index is 1.70. The van der Waals surface area contributed by atoms with Crippen molar-refractivity contribution in [2.24, 2.45) is 0 Å². The minimum atomic E-state index is -0.835. The minimum absolute atomic E-state index is 0.170. The molecule has 22 heavy (non-hydrogen) atoms.